The molecule has 0 spiro atoms. The molecule has 0 aromatic carbocycles. The first-order valence-corrected chi connectivity index (χ1v) is 7.40. The molecule has 2 aliphatic rings. The summed E-state index contributed by atoms with van der Waals surface area (Å²) >= 11 is 0. The first-order valence-electron chi connectivity index (χ1n) is 7.40. The van der Waals surface area contributed by atoms with Crippen LogP contribution < -0.4 is 11.1 Å². The number of carbonyl (C=O) groups is 1. The van der Waals surface area contributed by atoms with Crippen LogP contribution in [0.3, 0.4) is 0 Å². The molecule has 2 atom stereocenters. The minimum absolute atomic E-state index is 0.149. The van der Waals surface area contributed by atoms with Gasteiger partial charge in [0.05, 0.1) is 6.10 Å². The average molecular weight is 254 g/mol. The van der Waals surface area contributed by atoms with Gasteiger partial charge in [-0.1, -0.05) is 12.8 Å². The highest BCUT2D eigenvalue weighted by atomic mass is 16.5. The minimum atomic E-state index is 0.149. The van der Waals surface area contributed by atoms with Gasteiger partial charge in [0.15, 0.2) is 0 Å². The molecule has 104 valence electrons. The van der Waals surface area contributed by atoms with Crippen LogP contribution in [0.5, 0.6) is 0 Å². The monoisotopic (exact) mass is 254 g/mol. The summed E-state index contributed by atoms with van der Waals surface area (Å²) in [6, 6.07) is 0.228. The summed E-state index contributed by atoms with van der Waals surface area (Å²) < 4.78 is 5.76. The molecule has 4 heteroatoms. The standard InChI is InChI=1S/C14H26N2O2/c15-12-7-6-11(10-12)14(17)16-8-3-9-18-13-4-1-2-5-13/h11-13H,1-10,15H2,(H,16,17). The molecule has 2 aliphatic carbocycles. The molecule has 0 radical (unpaired) electrons. The zero-order valence-electron chi connectivity index (χ0n) is 11.2. The van der Waals surface area contributed by atoms with Gasteiger partial charge in [0, 0.05) is 25.1 Å². The van der Waals surface area contributed by atoms with E-state index in [1.54, 1.807) is 0 Å². The molecule has 0 heterocycles. The molecular formula is C14H26N2O2. The van der Waals surface area contributed by atoms with E-state index in [9.17, 15) is 4.79 Å². The van der Waals surface area contributed by atoms with Crippen molar-refractivity contribution in [3.63, 3.8) is 0 Å². The second-order valence-electron chi connectivity index (χ2n) is 5.69. The van der Waals surface area contributed by atoms with Crippen LogP contribution in [-0.2, 0) is 9.53 Å². The molecule has 0 aliphatic heterocycles. The maximum absolute atomic E-state index is 11.8. The van der Waals surface area contributed by atoms with Crippen molar-refractivity contribution in [3.8, 4) is 0 Å². The molecule has 0 bridgehead atoms. The molecule has 3 N–H and O–H groups in total. The Morgan fingerprint density at radius 2 is 2.00 bits per heavy atom. The quantitative estimate of drug-likeness (QED) is 0.707. The fourth-order valence-corrected chi connectivity index (χ4v) is 2.99. The smallest absolute Gasteiger partial charge is 0.223 e. The first kappa shape index (κ1) is 13.8. The van der Waals surface area contributed by atoms with Crippen LogP contribution in [0.4, 0.5) is 0 Å². The zero-order chi connectivity index (χ0) is 12.8. The van der Waals surface area contributed by atoms with Crippen molar-refractivity contribution >= 4 is 5.91 Å². The van der Waals surface area contributed by atoms with Crippen LogP contribution in [0, 0.1) is 5.92 Å². The Balaban J connectivity index is 1.48. The first-order chi connectivity index (χ1) is 8.75. The van der Waals surface area contributed by atoms with E-state index >= 15 is 0 Å². The van der Waals surface area contributed by atoms with Gasteiger partial charge in [0.1, 0.15) is 0 Å². The predicted molar refractivity (Wildman–Crippen MR) is 71.2 cm³/mol. The highest BCUT2D eigenvalue weighted by Gasteiger charge is 2.27. The Hall–Kier alpha value is -0.610. The van der Waals surface area contributed by atoms with Crippen LogP contribution in [0.1, 0.15) is 51.4 Å². The number of nitrogens with two attached hydrogens (primary N) is 1. The van der Waals surface area contributed by atoms with E-state index < -0.39 is 0 Å². The molecule has 1 amide bonds. The Kier molecular flexibility index (Phi) is 5.45. The molecule has 18 heavy (non-hydrogen) atoms. The lowest BCUT2D eigenvalue weighted by Gasteiger charge is -2.13. The molecule has 2 rings (SSSR count). The third-order valence-electron chi connectivity index (χ3n) is 4.12. The molecule has 0 aromatic rings. The lowest BCUT2D eigenvalue weighted by molar-refractivity contribution is -0.124. The summed E-state index contributed by atoms with van der Waals surface area (Å²) in [4.78, 5) is 11.8. The van der Waals surface area contributed by atoms with E-state index in [-0.39, 0.29) is 17.9 Å². The summed E-state index contributed by atoms with van der Waals surface area (Å²) in [6.45, 7) is 1.51. The second kappa shape index (κ2) is 7.10. The summed E-state index contributed by atoms with van der Waals surface area (Å²) in [5.41, 5.74) is 5.81. The number of amides is 1. The van der Waals surface area contributed by atoms with Crippen molar-refractivity contribution in [2.24, 2.45) is 11.7 Å². The van der Waals surface area contributed by atoms with Gasteiger partial charge in [-0.3, -0.25) is 4.79 Å². The third kappa shape index (κ3) is 4.25. The average Bonchev–Trinajstić information content (AvgIpc) is 2.99. The van der Waals surface area contributed by atoms with Crippen LogP contribution in [0.15, 0.2) is 0 Å². The van der Waals surface area contributed by atoms with E-state index in [0.29, 0.717) is 6.10 Å². The van der Waals surface area contributed by atoms with E-state index in [1.165, 1.54) is 25.7 Å². The number of hydrogen-bond acceptors (Lipinski definition) is 3. The molecule has 2 unspecified atom stereocenters. The fourth-order valence-electron chi connectivity index (χ4n) is 2.99. The fraction of sp³-hybridized carbons (Fsp3) is 0.929. The van der Waals surface area contributed by atoms with Gasteiger partial charge in [-0.15, -0.1) is 0 Å². The molecule has 2 fully saturated rings. The van der Waals surface area contributed by atoms with E-state index in [2.05, 4.69) is 5.32 Å². The Morgan fingerprint density at radius 3 is 2.67 bits per heavy atom. The summed E-state index contributed by atoms with van der Waals surface area (Å²) in [5, 5.41) is 3.00. The lowest BCUT2D eigenvalue weighted by Crippen LogP contribution is -2.31. The molecule has 2 saturated carbocycles. The third-order valence-corrected chi connectivity index (χ3v) is 4.12. The highest BCUT2D eigenvalue weighted by molar-refractivity contribution is 5.78. The number of hydrogen-bond donors (Lipinski definition) is 2. The largest absolute Gasteiger partial charge is 0.378 e. The zero-order valence-corrected chi connectivity index (χ0v) is 11.2. The lowest BCUT2D eigenvalue weighted by atomic mass is 10.1. The topological polar surface area (TPSA) is 64.4 Å². The Morgan fingerprint density at radius 1 is 1.22 bits per heavy atom. The van der Waals surface area contributed by atoms with Crippen molar-refractivity contribution in [1.82, 2.24) is 5.32 Å². The molecular weight excluding hydrogens is 228 g/mol. The van der Waals surface area contributed by atoms with Crippen molar-refractivity contribution in [3.05, 3.63) is 0 Å². The number of carbonyl (C=O) groups excluding carboxylic acids is 1. The summed E-state index contributed by atoms with van der Waals surface area (Å²) in [5.74, 6) is 0.333. The van der Waals surface area contributed by atoms with E-state index in [4.69, 9.17) is 10.5 Å². The Bertz CT molecular complexity index is 265. The maximum Gasteiger partial charge on any atom is 0.223 e. The second-order valence-corrected chi connectivity index (χ2v) is 5.69. The highest BCUT2D eigenvalue weighted by Crippen LogP contribution is 2.24. The van der Waals surface area contributed by atoms with Crippen LogP contribution >= 0.6 is 0 Å². The normalized spacial score (nSPS) is 28.7. The van der Waals surface area contributed by atoms with E-state index in [0.717, 1.165) is 38.8 Å². The van der Waals surface area contributed by atoms with Gasteiger partial charge in [0.2, 0.25) is 5.91 Å². The van der Waals surface area contributed by atoms with Gasteiger partial charge in [-0.2, -0.15) is 0 Å². The van der Waals surface area contributed by atoms with Gasteiger partial charge < -0.3 is 15.8 Å². The van der Waals surface area contributed by atoms with Crippen molar-refractivity contribution in [1.29, 1.82) is 0 Å². The maximum atomic E-state index is 11.8. The molecule has 0 saturated heterocycles. The predicted octanol–water partition coefficient (Wildman–Crippen LogP) is 1.58. The van der Waals surface area contributed by atoms with Crippen molar-refractivity contribution in [2.75, 3.05) is 13.2 Å². The van der Waals surface area contributed by atoms with Gasteiger partial charge in [0.25, 0.3) is 0 Å². The van der Waals surface area contributed by atoms with Crippen molar-refractivity contribution < 1.29 is 9.53 Å². The Labute approximate surface area is 110 Å². The SMILES string of the molecule is NC1CCC(C(=O)NCCCOC2CCCC2)C1. The molecule has 0 aromatic heterocycles. The number of rotatable bonds is 6. The van der Waals surface area contributed by atoms with E-state index in [1.807, 2.05) is 0 Å². The molecule has 4 nitrogen and oxygen atoms in total. The summed E-state index contributed by atoms with van der Waals surface area (Å²) in [7, 11) is 0. The van der Waals surface area contributed by atoms with Gasteiger partial charge >= 0.3 is 0 Å². The number of nitrogens with one attached hydrogen (secondary N) is 1. The van der Waals surface area contributed by atoms with Crippen LogP contribution in [0.25, 0.3) is 0 Å². The van der Waals surface area contributed by atoms with Crippen LogP contribution in [0.2, 0.25) is 0 Å². The van der Waals surface area contributed by atoms with Crippen molar-refractivity contribution in [2.45, 2.75) is 63.5 Å². The minimum Gasteiger partial charge on any atom is -0.378 e. The van der Waals surface area contributed by atoms with Crippen LogP contribution in [-0.4, -0.2) is 31.2 Å². The van der Waals surface area contributed by atoms with Gasteiger partial charge in [-0.05, 0) is 38.5 Å². The summed E-state index contributed by atoms with van der Waals surface area (Å²) in [6.07, 6.45) is 9.24. The number of ether oxygens (including phenoxy) is 1. The van der Waals surface area contributed by atoms with Gasteiger partial charge in [-0.25, -0.2) is 0 Å².